The number of phenols is 1. The van der Waals surface area contributed by atoms with E-state index in [0.29, 0.717) is 16.7 Å². The predicted octanol–water partition coefficient (Wildman–Crippen LogP) is 2.00. The fraction of sp³-hybridized carbons (Fsp3) is 0. The number of allylic oxidation sites excluding steroid dienone is 4. The quantitative estimate of drug-likeness (QED) is 0.360. The first-order valence-corrected chi connectivity index (χ1v) is 9.22. The lowest BCUT2D eigenvalue weighted by molar-refractivity contribution is -0.111. The van der Waals surface area contributed by atoms with Crippen molar-refractivity contribution in [3.63, 3.8) is 0 Å². The number of benzene rings is 2. The largest absolute Gasteiger partial charge is 0.506 e. The molecule has 0 bridgehead atoms. The van der Waals surface area contributed by atoms with Crippen molar-refractivity contribution in [3.8, 4) is 5.75 Å². The molecule has 0 amide bonds. The summed E-state index contributed by atoms with van der Waals surface area (Å²) in [4.78, 5) is 11.4. The van der Waals surface area contributed by atoms with Crippen LogP contribution in [0.1, 0.15) is 11.1 Å². The van der Waals surface area contributed by atoms with Gasteiger partial charge in [0.05, 0.1) is 11.4 Å². The van der Waals surface area contributed by atoms with Crippen LogP contribution in [0.4, 0.5) is 5.69 Å². The standard InChI is InChI=1S/C19H16N2O5S/c20-14-9-11(5-7-16(14)22)19(12-6-8-17(23)15(21)10-12)13-3-1-2-4-18(13)27(24,25)26/h1-10,22H,20-21H2,(H,24,25,26). The molecule has 0 atom stereocenters. The van der Waals surface area contributed by atoms with Crippen LogP contribution < -0.4 is 11.5 Å². The first-order valence-electron chi connectivity index (χ1n) is 7.78. The highest BCUT2D eigenvalue weighted by atomic mass is 32.2. The zero-order valence-electron chi connectivity index (χ0n) is 14.0. The average Bonchev–Trinajstić information content (AvgIpc) is 2.61. The SMILES string of the molecule is NC1=CC(=C(c2ccc(O)c(N)c2)c2ccccc2S(=O)(=O)O)C=CC1=O. The van der Waals surface area contributed by atoms with Crippen molar-refractivity contribution in [2.45, 2.75) is 4.90 Å². The van der Waals surface area contributed by atoms with Gasteiger partial charge in [-0.3, -0.25) is 9.35 Å². The Balaban J connectivity index is 2.40. The van der Waals surface area contributed by atoms with E-state index in [1.807, 2.05) is 0 Å². The van der Waals surface area contributed by atoms with Gasteiger partial charge in [-0.25, -0.2) is 0 Å². The van der Waals surface area contributed by atoms with E-state index in [9.17, 15) is 22.9 Å². The number of phenolic OH excluding ortho intramolecular Hbond substituents is 1. The molecule has 27 heavy (non-hydrogen) atoms. The highest BCUT2D eigenvalue weighted by molar-refractivity contribution is 7.86. The van der Waals surface area contributed by atoms with Crippen LogP contribution in [0.3, 0.4) is 0 Å². The summed E-state index contributed by atoms with van der Waals surface area (Å²) in [5.74, 6) is -0.498. The third-order valence-electron chi connectivity index (χ3n) is 4.05. The number of carbonyl (C=O) groups is 1. The van der Waals surface area contributed by atoms with E-state index in [-0.39, 0.29) is 33.4 Å². The van der Waals surface area contributed by atoms with Gasteiger partial charge in [0.25, 0.3) is 10.1 Å². The number of hydrogen-bond donors (Lipinski definition) is 4. The van der Waals surface area contributed by atoms with E-state index in [2.05, 4.69) is 0 Å². The molecular weight excluding hydrogens is 368 g/mol. The number of nitrogens with two attached hydrogens (primary N) is 2. The molecule has 0 aromatic heterocycles. The van der Waals surface area contributed by atoms with Crippen LogP contribution in [0.25, 0.3) is 5.57 Å². The Labute approximate surface area is 155 Å². The number of nitrogen functional groups attached to an aromatic ring is 1. The Bertz CT molecular complexity index is 1140. The Morgan fingerprint density at radius 2 is 1.70 bits per heavy atom. The van der Waals surface area contributed by atoms with Crippen LogP contribution in [-0.4, -0.2) is 23.9 Å². The van der Waals surface area contributed by atoms with Gasteiger partial charge in [-0.1, -0.05) is 30.3 Å². The third-order valence-corrected chi connectivity index (χ3v) is 4.96. The van der Waals surface area contributed by atoms with Crippen molar-refractivity contribution >= 4 is 27.2 Å². The molecule has 0 saturated heterocycles. The highest BCUT2D eigenvalue weighted by Crippen LogP contribution is 2.36. The van der Waals surface area contributed by atoms with Crippen molar-refractivity contribution < 1.29 is 22.9 Å². The van der Waals surface area contributed by atoms with Gasteiger partial charge in [-0.15, -0.1) is 0 Å². The Hall–Kier alpha value is -3.36. The molecule has 0 radical (unpaired) electrons. The second-order valence-corrected chi connectivity index (χ2v) is 7.26. The van der Waals surface area contributed by atoms with Crippen molar-refractivity contribution in [1.29, 1.82) is 0 Å². The summed E-state index contributed by atoms with van der Waals surface area (Å²) in [5, 5.41) is 9.70. The van der Waals surface area contributed by atoms with E-state index in [1.165, 1.54) is 48.6 Å². The van der Waals surface area contributed by atoms with E-state index in [4.69, 9.17) is 11.5 Å². The minimum Gasteiger partial charge on any atom is -0.506 e. The number of anilines is 1. The Morgan fingerprint density at radius 3 is 2.33 bits per heavy atom. The minimum atomic E-state index is -4.53. The van der Waals surface area contributed by atoms with Crippen molar-refractivity contribution in [2.24, 2.45) is 5.73 Å². The number of ketones is 1. The zero-order valence-corrected chi connectivity index (χ0v) is 14.8. The van der Waals surface area contributed by atoms with Gasteiger partial charge in [0, 0.05) is 5.56 Å². The van der Waals surface area contributed by atoms with Crippen molar-refractivity contribution in [2.75, 3.05) is 5.73 Å². The van der Waals surface area contributed by atoms with Crippen LogP contribution in [0.2, 0.25) is 0 Å². The van der Waals surface area contributed by atoms with Crippen LogP contribution in [0.5, 0.6) is 5.75 Å². The summed E-state index contributed by atoms with van der Waals surface area (Å²) in [7, 11) is -4.53. The number of carbonyl (C=O) groups excluding carboxylic acids is 1. The van der Waals surface area contributed by atoms with E-state index >= 15 is 0 Å². The van der Waals surface area contributed by atoms with Gasteiger partial charge < -0.3 is 16.6 Å². The molecular formula is C19H16N2O5S. The molecule has 0 fully saturated rings. The van der Waals surface area contributed by atoms with E-state index in [1.54, 1.807) is 12.1 Å². The first kappa shape index (κ1) is 18.4. The second kappa shape index (κ2) is 6.75. The molecule has 1 aliphatic carbocycles. The summed E-state index contributed by atoms with van der Waals surface area (Å²) >= 11 is 0. The molecule has 3 rings (SSSR count). The second-order valence-electron chi connectivity index (χ2n) is 5.87. The maximum absolute atomic E-state index is 11.9. The van der Waals surface area contributed by atoms with Gasteiger partial charge in [0.2, 0.25) is 5.78 Å². The van der Waals surface area contributed by atoms with Gasteiger partial charge in [-0.05, 0) is 47.1 Å². The summed E-state index contributed by atoms with van der Waals surface area (Å²) < 4.78 is 33.4. The van der Waals surface area contributed by atoms with Crippen molar-refractivity contribution in [1.82, 2.24) is 0 Å². The number of rotatable bonds is 3. The summed E-state index contributed by atoms with van der Waals surface area (Å²) in [6.07, 6.45) is 4.18. The van der Waals surface area contributed by atoms with Crippen LogP contribution in [-0.2, 0) is 14.9 Å². The lowest BCUT2D eigenvalue weighted by Gasteiger charge is -2.17. The first-order chi connectivity index (χ1) is 12.7. The van der Waals surface area contributed by atoms with Gasteiger partial charge >= 0.3 is 0 Å². The smallest absolute Gasteiger partial charge is 0.295 e. The monoisotopic (exact) mass is 384 g/mol. The third kappa shape index (κ3) is 3.62. The number of hydrogen-bond acceptors (Lipinski definition) is 6. The van der Waals surface area contributed by atoms with Crippen molar-refractivity contribution in [3.05, 3.63) is 83.1 Å². The lowest BCUT2D eigenvalue weighted by atomic mass is 9.90. The molecule has 6 N–H and O–H groups in total. The zero-order chi connectivity index (χ0) is 19.8. The maximum Gasteiger partial charge on any atom is 0.295 e. The minimum absolute atomic E-state index is 0.0129. The molecule has 0 saturated carbocycles. The Kier molecular flexibility index (Phi) is 4.61. The van der Waals surface area contributed by atoms with Crippen LogP contribution in [0, 0.1) is 0 Å². The fourth-order valence-electron chi connectivity index (χ4n) is 2.79. The molecule has 1 aliphatic rings. The summed E-state index contributed by atoms with van der Waals surface area (Å²) in [5.41, 5.74) is 13.1. The van der Waals surface area contributed by atoms with E-state index < -0.39 is 10.1 Å². The molecule has 8 heteroatoms. The topological polar surface area (TPSA) is 144 Å². The molecule has 2 aromatic rings. The van der Waals surface area contributed by atoms with Gasteiger partial charge in [-0.2, -0.15) is 8.42 Å². The normalized spacial score (nSPS) is 16.2. The Morgan fingerprint density at radius 1 is 1.00 bits per heavy atom. The molecule has 2 aromatic carbocycles. The average molecular weight is 384 g/mol. The summed E-state index contributed by atoms with van der Waals surface area (Å²) in [6, 6.07) is 10.2. The lowest BCUT2D eigenvalue weighted by Crippen LogP contribution is -2.12. The van der Waals surface area contributed by atoms with E-state index in [0.717, 1.165) is 0 Å². The molecule has 7 nitrogen and oxygen atoms in total. The van der Waals surface area contributed by atoms with Crippen LogP contribution >= 0.6 is 0 Å². The highest BCUT2D eigenvalue weighted by Gasteiger charge is 2.22. The van der Waals surface area contributed by atoms with Gasteiger partial charge in [0.1, 0.15) is 10.6 Å². The molecule has 0 unspecified atom stereocenters. The predicted molar refractivity (Wildman–Crippen MR) is 101 cm³/mol. The van der Waals surface area contributed by atoms with Gasteiger partial charge in [0.15, 0.2) is 0 Å². The maximum atomic E-state index is 11.9. The molecule has 138 valence electrons. The van der Waals surface area contributed by atoms with Crippen LogP contribution in [0.15, 0.2) is 76.9 Å². The fourth-order valence-corrected chi connectivity index (χ4v) is 3.49. The molecule has 0 spiro atoms. The molecule has 0 heterocycles. The number of aromatic hydroxyl groups is 1. The molecule has 0 aliphatic heterocycles. The summed E-state index contributed by atoms with van der Waals surface area (Å²) in [6.45, 7) is 0.